The number of hydrogen-bond donors (Lipinski definition) is 1. The first-order chi connectivity index (χ1) is 5.70. The van der Waals surface area contributed by atoms with E-state index in [9.17, 15) is 0 Å². The minimum absolute atomic E-state index is 0.379. The average molecular weight is 234 g/mol. The van der Waals surface area contributed by atoms with Gasteiger partial charge in [-0.05, 0) is 22.4 Å². The van der Waals surface area contributed by atoms with E-state index in [0.29, 0.717) is 6.61 Å². The average Bonchev–Trinajstić information content (AvgIpc) is 2.32. The molecule has 0 saturated heterocycles. The molecule has 68 valence electrons. The molecule has 1 rings (SSSR count). The van der Waals surface area contributed by atoms with Crippen LogP contribution in [0.3, 0.4) is 0 Å². The summed E-state index contributed by atoms with van der Waals surface area (Å²) in [5.74, 6) is 4.99. The van der Waals surface area contributed by atoms with Crippen molar-refractivity contribution in [2.75, 3.05) is 0 Å². The molecular weight excluding hydrogens is 222 g/mol. The third kappa shape index (κ3) is 1.68. The fourth-order valence-electron chi connectivity index (χ4n) is 1.06. The van der Waals surface area contributed by atoms with Gasteiger partial charge in [0.15, 0.2) is 0 Å². The first-order valence-corrected chi connectivity index (χ1v) is 4.51. The Hall–Kier alpha value is -0.390. The molecule has 0 unspecified atom stereocenters. The molecule has 2 N–H and O–H groups in total. The second-order valence-electron chi connectivity index (χ2n) is 2.50. The molecule has 1 heterocycles. The molecule has 4 nitrogen and oxygen atoms in total. The summed E-state index contributed by atoms with van der Waals surface area (Å²) in [6, 6.07) is 0. The minimum atomic E-state index is 0.379. The third-order valence-corrected chi connectivity index (χ3v) is 2.64. The maximum Gasteiger partial charge on any atom is 0.111 e. The lowest BCUT2D eigenvalue weighted by atomic mass is 10.3. The molecule has 5 heteroatoms. The van der Waals surface area contributed by atoms with Gasteiger partial charge in [-0.2, -0.15) is 5.10 Å². The number of hydrogen-bond acceptors (Lipinski definition) is 3. The van der Waals surface area contributed by atoms with Crippen molar-refractivity contribution in [1.82, 2.24) is 9.78 Å². The topological polar surface area (TPSA) is 53.1 Å². The fourth-order valence-corrected chi connectivity index (χ4v) is 1.79. The van der Waals surface area contributed by atoms with Crippen molar-refractivity contribution in [1.29, 1.82) is 0 Å². The van der Waals surface area contributed by atoms with Crippen molar-refractivity contribution < 1.29 is 4.84 Å². The van der Waals surface area contributed by atoms with E-state index in [0.717, 1.165) is 22.3 Å². The Bertz CT molecular complexity index is 272. The fraction of sp³-hybridized carbons (Fsp3) is 0.571. The van der Waals surface area contributed by atoms with Crippen LogP contribution < -0.4 is 5.90 Å². The smallest absolute Gasteiger partial charge is 0.111 e. The second kappa shape index (κ2) is 4.02. The van der Waals surface area contributed by atoms with Crippen molar-refractivity contribution >= 4 is 15.9 Å². The van der Waals surface area contributed by atoms with Crippen LogP contribution in [0, 0.1) is 0 Å². The molecule has 0 amide bonds. The van der Waals surface area contributed by atoms with Gasteiger partial charge < -0.3 is 0 Å². The maximum atomic E-state index is 4.99. The Morgan fingerprint density at radius 1 is 1.67 bits per heavy atom. The van der Waals surface area contributed by atoms with Gasteiger partial charge in [0.25, 0.3) is 0 Å². The number of aromatic nitrogens is 2. The van der Waals surface area contributed by atoms with E-state index in [1.807, 2.05) is 7.05 Å². The largest absolute Gasteiger partial charge is 0.298 e. The SMILES string of the molecule is CCc1nn(C)c(CON)c1Br. The maximum absolute atomic E-state index is 4.99. The van der Waals surface area contributed by atoms with Gasteiger partial charge in [-0.15, -0.1) is 0 Å². The summed E-state index contributed by atoms with van der Waals surface area (Å²) in [5.41, 5.74) is 2.00. The third-order valence-electron chi connectivity index (χ3n) is 1.72. The van der Waals surface area contributed by atoms with Gasteiger partial charge >= 0.3 is 0 Å². The summed E-state index contributed by atoms with van der Waals surface area (Å²) in [6.07, 6.45) is 0.902. The van der Waals surface area contributed by atoms with Crippen LogP contribution in [0.5, 0.6) is 0 Å². The van der Waals surface area contributed by atoms with Gasteiger partial charge in [-0.25, -0.2) is 5.90 Å². The zero-order valence-electron chi connectivity index (χ0n) is 7.17. The van der Waals surface area contributed by atoms with E-state index >= 15 is 0 Å². The van der Waals surface area contributed by atoms with Gasteiger partial charge in [0.1, 0.15) is 6.61 Å². The molecule has 1 aromatic rings. The predicted octanol–water partition coefficient (Wildman–Crippen LogP) is 1.14. The van der Waals surface area contributed by atoms with Crippen LogP contribution in [-0.2, 0) is 24.9 Å². The molecule has 0 aliphatic carbocycles. The molecule has 0 radical (unpaired) electrons. The van der Waals surface area contributed by atoms with Gasteiger partial charge in [-0.3, -0.25) is 9.52 Å². The normalized spacial score (nSPS) is 10.7. The van der Waals surface area contributed by atoms with E-state index in [4.69, 9.17) is 5.90 Å². The van der Waals surface area contributed by atoms with E-state index < -0.39 is 0 Å². The summed E-state index contributed by atoms with van der Waals surface area (Å²) in [4.78, 5) is 4.56. The van der Waals surface area contributed by atoms with Crippen LogP contribution in [0.4, 0.5) is 0 Å². The molecular formula is C7H12BrN3O. The van der Waals surface area contributed by atoms with Gasteiger partial charge in [0.2, 0.25) is 0 Å². The highest BCUT2D eigenvalue weighted by molar-refractivity contribution is 9.10. The van der Waals surface area contributed by atoms with E-state index in [1.54, 1.807) is 4.68 Å². The summed E-state index contributed by atoms with van der Waals surface area (Å²) in [7, 11) is 1.87. The summed E-state index contributed by atoms with van der Waals surface area (Å²) in [6.45, 7) is 2.43. The molecule has 0 bridgehead atoms. The van der Waals surface area contributed by atoms with Crippen LogP contribution in [-0.4, -0.2) is 9.78 Å². The molecule has 0 aliphatic heterocycles. The summed E-state index contributed by atoms with van der Waals surface area (Å²) < 4.78 is 2.77. The van der Waals surface area contributed by atoms with E-state index in [2.05, 4.69) is 32.8 Å². The highest BCUT2D eigenvalue weighted by atomic mass is 79.9. The zero-order valence-corrected chi connectivity index (χ0v) is 8.76. The highest BCUT2D eigenvalue weighted by Gasteiger charge is 2.11. The molecule has 0 spiro atoms. The molecule has 0 saturated carbocycles. The Kier molecular flexibility index (Phi) is 3.25. The molecule has 12 heavy (non-hydrogen) atoms. The number of nitrogens with zero attached hydrogens (tertiary/aromatic N) is 2. The molecule has 1 aromatic heterocycles. The molecule has 0 aromatic carbocycles. The van der Waals surface area contributed by atoms with Crippen LogP contribution in [0.25, 0.3) is 0 Å². The first kappa shape index (κ1) is 9.70. The summed E-state index contributed by atoms with van der Waals surface area (Å²) in [5, 5.41) is 4.28. The standard InChI is InChI=1S/C7H12BrN3O/c1-3-5-7(8)6(4-12-9)11(2)10-5/h3-4,9H2,1-2H3. The van der Waals surface area contributed by atoms with Crippen molar-refractivity contribution in [2.24, 2.45) is 12.9 Å². The molecule has 0 atom stereocenters. The number of nitrogens with two attached hydrogens (primary N) is 1. The van der Waals surface area contributed by atoms with Crippen molar-refractivity contribution in [3.05, 3.63) is 15.9 Å². The molecule has 0 aliphatic rings. The minimum Gasteiger partial charge on any atom is -0.298 e. The quantitative estimate of drug-likeness (QED) is 0.797. The monoisotopic (exact) mass is 233 g/mol. The van der Waals surface area contributed by atoms with Gasteiger partial charge in [0.05, 0.1) is 15.9 Å². The van der Waals surface area contributed by atoms with Gasteiger partial charge in [0, 0.05) is 7.05 Å². The predicted molar refractivity (Wildman–Crippen MR) is 49.3 cm³/mol. The van der Waals surface area contributed by atoms with Crippen LogP contribution >= 0.6 is 15.9 Å². The van der Waals surface area contributed by atoms with Gasteiger partial charge in [-0.1, -0.05) is 6.92 Å². The van der Waals surface area contributed by atoms with Crippen LogP contribution in [0.1, 0.15) is 18.3 Å². The van der Waals surface area contributed by atoms with Crippen LogP contribution in [0.2, 0.25) is 0 Å². The number of rotatable bonds is 3. The lowest BCUT2D eigenvalue weighted by molar-refractivity contribution is 0.118. The zero-order chi connectivity index (χ0) is 9.14. The van der Waals surface area contributed by atoms with E-state index in [1.165, 1.54) is 0 Å². The van der Waals surface area contributed by atoms with Crippen molar-refractivity contribution in [2.45, 2.75) is 20.0 Å². The number of halogens is 1. The Morgan fingerprint density at radius 3 is 2.75 bits per heavy atom. The molecule has 0 fully saturated rings. The Labute approximate surface area is 79.8 Å². The van der Waals surface area contributed by atoms with Crippen LogP contribution in [0.15, 0.2) is 4.47 Å². The first-order valence-electron chi connectivity index (χ1n) is 3.72. The lowest BCUT2D eigenvalue weighted by Gasteiger charge is -1.98. The lowest BCUT2D eigenvalue weighted by Crippen LogP contribution is -2.04. The second-order valence-corrected chi connectivity index (χ2v) is 3.29. The Balaban J connectivity index is 3.01. The highest BCUT2D eigenvalue weighted by Crippen LogP contribution is 2.21. The van der Waals surface area contributed by atoms with Crippen molar-refractivity contribution in [3.8, 4) is 0 Å². The summed E-state index contributed by atoms with van der Waals surface area (Å²) >= 11 is 3.44. The van der Waals surface area contributed by atoms with Crippen molar-refractivity contribution in [3.63, 3.8) is 0 Å². The Morgan fingerprint density at radius 2 is 2.33 bits per heavy atom. The van der Waals surface area contributed by atoms with E-state index in [-0.39, 0.29) is 0 Å². The number of aryl methyl sites for hydroxylation is 2.